The summed E-state index contributed by atoms with van der Waals surface area (Å²) in [7, 11) is 0. The molecular formula is C6H9NS2. The molecule has 0 spiro atoms. The lowest BCUT2D eigenvalue weighted by molar-refractivity contribution is 0.870. The predicted molar refractivity (Wildman–Crippen MR) is 43.5 cm³/mol. The van der Waals surface area contributed by atoms with E-state index in [1.807, 2.05) is 0 Å². The molecule has 0 aliphatic heterocycles. The van der Waals surface area contributed by atoms with Crippen molar-refractivity contribution in [2.45, 2.75) is 24.7 Å². The molecule has 50 valence electrons. The van der Waals surface area contributed by atoms with Gasteiger partial charge >= 0.3 is 0 Å². The third-order valence-corrected chi connectivity index (χ3v) is 2.71. The zero-order valence-corrected chi connectivity index (χ0v) is 7.17. The van der Waals surface area contributed by atoms with Crippen molar-refractivity contribution < 1.29 is 0 Å². The average molecular weight is 159 g/mol. The second kappa shape index (κ2) is 2.71. The summed E-state index contributed by atoms with van der Waals surface area (Å²) in [5.74, 6) is 0.560. The normalized spacial score (nSPS) is 10.7. The van der Waals surface area contributed by atoms with E-state index in [0.29, 0.717) is 5.92 Å². The van der Waals surface area contributed by atoms with E-state index < -0.39 is 0 Å². The summed E-state index contributed by atoms with van der Waals surface area (Å²) in [6.07, 6.45) is 1.79. The van der Waals surface area contributed by atoms with E-state index in [9.17, 15) is 0 Å². The van der Waals surface area contributed by atoms with Gasteiger partial charge in [-0.05, 0) is 17.5 Å². The lowest BCUT2D eigenvalue weighted by Gasteiger charge is -1.98. The molecule has 1 aromatic rings. The quantitative estimate of drug-likeness (QED) is 0.621. The zero-order chi connectivity index (χ0) is 6.85. The molecule has 0 aliphatic rings. The van der Waals surface area contributed by atoms with Crippen molar-refractivity contribution in [1.29, 1.82) is 0 Å². The molecule has 1 aromatic heterocycles. The number of nitrogens with zero attached hydrogens (tertiary/aromatic N) is 1. The molecule has 0 saturated carbocycles. The van der Waals surface area contributed by atoms with E-state index in [1.54, 1.807) is 6.20 Å². The predicted octanol–water partition coefficient (Wildman–Crippen LogP) is 2.56. The van der Waals surface area contributed by atoms with Crippen LogP contribution in [0.25, 0.3) is 0 Å². The Morgan fingerprint density at radius 1 is 1.67 bits per heavy atom. The zero-order valence-electron chi connectivity index (χ0n) is 5.46. The molecular weight excluding hydrogens is 150 g/mol. The van der Waals surface area contributed by atoms with Crippen molar-refractivity contribution in [1.82, 2.24) is 4.37 Å². The van der Waals surface area contributed by atoms with Crippen LogP contribution in [0, 0.1) is 0 Å². The third-order valence-electron chi connectivity index (χ3n) is 1.10. The maximum Gasteiger partial charge on any atom is 0.0543 e. The Balaban J connectivity index is 2.94. The molecule has 1 rings (SSSR count). The van der Waals surface area contributed by atoms with Gasteiger partial charge < -0.3 is 0 Å². The van der Waals surface area contributed by atoms with Crippen LogP contribution >= 0.6 is 24.2 Å². The molecule has 0 saturated heterocycles. The summed E-state index contributed by atoms with van der Waals surface area (Å²) < 4.78 is 4.01. The van der Waals surface area contributed by atoms with Gasteiger partial charge in [0, 0.05) is 9.77 Å². The van der Waals surface area contributed by atoms with Gasteiger partial charge in [-0.25, -0.2) is 0 Å². The molecule has 0 atom stereocenters. The molecule has 0 unspecified atom stereocenters. The summed E-state index contributed by atoms with van der Waals surface area (Å²) in [6, 6.07) is 0. The van der Waals surface area contributed by atoms with Gasteiger partial charge in [-0.15, -0.1) is 12.6 Å². The first kappa shape index (κ1) is 7.09. The fraction of sp³-hybridized carbons (Fsp3) is 0.500. The standard InChI is InChI=1S/C6H9NS2/c1-4(2)6-5(8)3-7-9-6/h3-4,8H,1-2H3. The molecule has 0 N–H and O–H groups in total. The van der Waals surface area contributed by atoms with E-state index in [0.717, 1.165) is 4.90 Å². The van der Waals surface area contributed by atoms with Crippen LogP contribution in [-0.4, -0.2) is 4.37 Å². The molecule has 0 radical (unpaired) electrons. The Morgan fingerprint density at radius 2 is 2.33 bits per heavy atom. The Morgan fingerprint density at radius 3 is 2.56 bits per heavy atom. The van der Waals surface area contributed by atoms with E-state index in [-0.39, 0.29) is 0 Å². The van der Waals surface area contributed by atoms with Crippen molar-refractivity contribution >= 4 is 24.2 Å². The van der Waals surface area contributed by atoms with Crippen LogP contribution in [0.1, 0.15) is 24.6 Å². The number of hydrogen-bond donors (Lipinski definition) is 1. The van der Waals surface area contributed by atoms with E-state index in [2.05, 4.69) is 30.8 Å². The first-order chi connectivity index (χ1) is 4.22. The molecule has 0 bridgehead atoms. The first-order valence-corrected chi connectivity index (χ1v) is 4.07. The van der Waals surface area contributed by atoms with Gasteiger partial charge in [-0.2, -0.15) is 4.37 Å². The van der Waals surface area contributed by atoms with Gasteiger partial charge in [0.25, 0.3) is 0 Å². The number of thiol groups is 1. The van der Waals surface area contributed by atoms with E-state index >= 15 is 0 Å². The topological polar surface area (TPSA) is 12.9 Å². The van der Waals surface area contributed by atoms with Crippen LogP contribution in [0.15, 0.2) is 11.1 Å². The summed E-state index contributed by atoms with van der Waals surface area (Å²) in [4.78, 5) is 2.30. The number of rotatable bonds is 1. The molecule has 9 heavy (non-hydrogen) atoms. The maximum atomic E-state index is 4.24. The maximum absolute atomic E-state index is 4.24. The van der Waals surface area contributed by atoms with Gasteiger partial charge in [0.1, 0.15) is 0 Å². The minimum absolute atomic E-state index is 0.560. The van der Waals surface area contributed by atoms with Crippen LogP contribution in [0.2, 0.25) is 0 Å². The number of hydrogen-bond acceptors (Lipinski definition) is 3. The second-order valence-electron chi connectivity index (χ2n) is 2.23. The van der Waals surface area contributed by atoms with Crippen molar-refractivity contribution in [2.75, 3.05) is 0 Å². The lowest BCUT2D eigenvalue weighted by atomic mass is 10.2. The van der Waals surface area contributed by atoms with Crippen molar-refractivity contribution in [3.63, 3.8) is 0 Å². The molecule has 1 nitrogen and oxygen atoms in total. The lowest BCUT2D eigenvalue weighted by Crippen LogP contribution is -1.80. The van der Waals surface area contributed by atoms with Crippen molar-refractivity contribution in [3.05, 3.63) is 11.1 Å². The van der Waals surface area contributed by atoms with Gasteiger partial charge in [0.15, 0.2) is 0 Å². The fourth-order valence-electron chi connectivity index (χ4n) is 0.645. The molecule has 0 aliphatic carbocycles. The summed E-state index contributed by atoms with van der Waals surface area (Å²) in [5, 5.41) is 0. The minimum Gasteiger partial charge on any atom is -0.200 e. The molecule has 0 aromatic carbocycles. The number of aromatic nitrogens is 1. The summed E-state index contributed by atoms with van der Waals surface area (Å²) in [5.41, 5.74) is 0. The van der Waals surface area contributed by atoms with Crippen molar-refractivity contribution in [3.8, 4) is 0 Å². The fourth-order valence-corrected chi connectivity index (χ4v) is 1.79. The second-order valence-corrected chi connectivity index (χ2v) is 3.55. The van der Waals surface area contributed by atoms with Crippen molar-refractivity contribution in [2.24, 2.45) is 0 Å². The Bertz CT molecular complexity index is 193. The highest BCUT2D eigenvalue weighted by Gasteiger charge is 2.04. The highest BCUT2D eigenvalue weighted by molar-refractivity contribution is 7.80. The van der Waals surface area contributed by atoms with Gasteiger partial charge in [0.2, 0.25) is 0 Å². The summed E-state index contributed by atoms with van der Waals surface area (Å²) in [6.45, 7) is 4.29. The Labute approximate surface area is 64.7 Å². The first-order valence-electron chi connectivity index (χ1n) is 2.85. The Kier molecular flexibility index (Phi) is 2.13. The average Bonchev–Trinajstić information content (AvgIpc) is 2.13. The third kappa shape index (κ3) is 1.46. The van der Waals surface area contributed by atoms with Crippen LogP contribution in [0.3, 0.4) is 0 Å². The largest absolute Gasteiger partial charge is 0.200 e. The monoisotopic (exact) mass is 159 g/mol. The summed E-state index contributed by atoms with van der Waals surface area (Å²) >= 11 is 5.77. The molecule has 0 fully saturated rings. The molecule has 0 amide bonds. The van der Waals surface area contributed by atoms with Gasteiger partial charge in [-0.3, -0.25) is 0 Å². The van der Waals surface area contributed by atoms with E-state index in [1.165, 1.54) is 16.4 Å². The van der Waals surface area contributed by atoms with Crippen LogP contribution in [0.4, 0.5) is 0 Å². The van der Waals surface area contributed by atoms with Crippen LogP contribution < -0.4 is 0 Å². The van der Waals surface area contributed by atoms with Crippen LogP contribution in [-0.2, 0) is 0 Å². The van der Waals surface area contributed by atoms with Crippen LogP contribution in [0.5, 0.6) is 0 Å². The minimum atomic E-state index is 0.560. The molecule has 1 heterocycles. The molecule has 3 heteroatoms. The SMILES string of the molecule is CC(C)c1sncc1S. The smallest absolute Gasteiger partial charge is 0.0543 e. The highest BCUT2D eigenvalue weighted by atomic mass is 32.1. The highest BCUT2D eigenvalue weighted by Crippen LogP contribution is 2.25. The van der Waals surface area contributed by atoms with Gasteiger partial charge in [0.05, 0.1) is 6.20 Å². The Hall–Kier alpha value is -0.0200. The van der Waals surface area contributed by atoms with E-state index in [4.69, 9.17) is 0 Å². The van der Waals surface area contributed by atoms with Gasteiger partial charge in [-0.1, -0.05) is 13.8 Å².